The van der Waals surface area contributed by atoms with Crippen LogP contribution in [0.5, 0.6) is 0 Å². The summed E-state index contributed by atoms with van der Waals surface area (Å²) in [6, 6.07) is 10.5. The first-order chi connectivity index (χ1) is 16.4. The molecule has 4 aromatic rings. The predicted octanol–water partition coefficient (Wildman–Crippen LogP) is 7.89. The van der Waals surface area contributed by atoms with Crippen molar-refractivity contribution in [1.29, 1.82) is 0 Å². The Kier molecular flexibility index (Phi) is 6.49. The van der Waals surface area contributed by atoms with E-state index in [9.17, 15) is 13.6 Å². The second-order valence-electron chi connectivity index (χ2n) is 9.01. The van der Waals surface area contributed by atoms with Gasteiger partial charge in [0.25, 0.3) is 5.91 Å². The molecule has 1 saturated carbocycles. The number of carbonyl (C=O) groups excluding carboxylic acids is 1. The maximum atomic E-state index is 14.5. The fourth-order valence-corrected chi connectivity index (χ4v) is 6.83. The number of nitrogens with zero attached hydrogens (tertiary/aromatic N) is 2. The van der Waals surface area contributed by atoms with Crippen LogP contribution in [0.4, 0.5) is 8.78 Å². The highest BCUT2D eigenvalue weighted by Crippen LogP contribution is 2.37. The molecule has 0 unspecified atom stereocenters. The zero-order valence-corrected chi connectivity index (χ0v) is 20.9. The van der Waals surface area contributed by atoms with Crippen molar-refractivity contribution < 1.29 is 13.6 Å². The summed E-state index contributed by atoms with van der Waals surface area (Å²) in [5.74, 6) is -1.11. The summed E-state index contributed by atoms with van der Waals surface area (Å²) in [5.41, 5.74) is 3.58. The van der Waals surface area contributed by atoms with Crippen LogP contribution in [0.15, 0.2) is 41.8 Å². The molecule has 7 heteroatoms. The largest absolute Gasteiger partial charge is 0.331 e. The number of halogens is 2. The average Bonchev–Trinajstić information content (AvgIpc) is 3.44. The van der Waals surface area contributed by atoms with E-state index in [2.05, 4.69) is 11.1 Å². The van der Waals surface area contributed by atoms with E-state index in [4.69, 9.17) is 0 Å². The van der Waals surface area contributed by atoms with Crippen LogP contribution in [0.1, 0.15) is 58.6 Å². The summed E-state index contributed by atoms with van der Waals surface area (Å²) in [7, 11) is 0. The number of hydrogen-bond donors (Lipinski definition) is 0. The van der Waals surface area contributed by atoms with Gasteiger partial charge in [0, 0.05) is 34.6 Å². The number of thiophene rings is 1. The number of thiazole rings is 1. The Morgan fingerprint density at radius 3 is 2.56 bits per heavy atom. The van der Waals surface area contributed by atoms with Crippen molar-refractivity contribution in [3.05, 3.63) is 75.1 Å². The molecule has 2 aromatic heterocycles. The smallest absolute Gasteiger partial charge is 0.264 e. The molecule has 1 fully saturated rings. The average molecular weight is 497 g/mol. The van der Waals surface area contributed by atoms with Gasteiger partial charge in [-0.3, -0.25) is 4.79 Å². The second-order valence-corrected chi connectivity index (χ2v) is 10.9. The van der Waals surface area contributed by atoms with E-state index in [1.807, 2.05) is 35.4 Å². The molecule has 2 heterocycles. The lowest BCUT2D eigenvalue weighted by atomic mass is 9.93. The van der Waals surface area contributed by atoms with Crippen molar-refractivity contribution in [2.24, 2.45) is 0 Å². The van der Waals surface area contributed by atoms with Gasteiger partial charge in [0.15, 0.2) is 0 Å². The van der Waals surface area contributed by atoms with Gasteiger partial charge >= 0.3 is 0 Å². The normalized spacial score (nSPS) is 14.6. The van der Waals surface area contributed by atoms with Crippen molar-refractivity contribution in [2.45, 2.75) is 58.5 Å². The predicted molar refractivity (Wildman–Crippen MR) is 136 cm³/mol. The molecule has 0 atom stereocenters. The van der Waals surface area contributed by atoms with Crippen LogP contribution in [0, 0.1) is 25.5 Å². The van der Waals surface area contributed by atoms with E-state index in [0.29, 0.717) is 17.0 Å². The Balaban J connectivity index is 1.52. The molecule has 0 aliphatic heterocycles. The molecule has 0 N–H and O–H groups in total. The van der Waals surface area contributed by atoms with E-state index >= 15 is 0 Å². The minimum atomic E-state index is -0.487. The minimum Gasteiger partial charge on any atom is -0.331 e. The van der Waals surface area contributed by atoms with Gasteiger partial charge in [-0.05, 0) is 56.0 Å². The van der Waals surface area contributed by atoms with Gasteiger partial charge < -0.3 is 4.90 Å². The summed E-state index contributed by atoms with van der Waals surface area (Å²) in [4.78, 5) is 20.9. The maximum Gasteiger partial charge on any atom is 0.264 e. The molecular weight excluding hydrogens is 470 g/mol. The van der Waals surface area contributed by atoms with E-state index in [1.165, 1.54) is 6.42 Å². The van der Waals surface area contributed by atoms with Gasteiger partial charge in [-0.1, -0.05) is 37.5 Å². The number of carbonyl (C=O) groups is 1. The lowest BCUT2D eigenvalue weighted by Crippen LogP contribution is -2.40. The summed E-state index contributed by atoms with van der Waals surface area (Å²) < 4.78 is 29.2. The number of aromatic nitrogens is 1. The third-order valence-corrected chi connectivity index (χ3v) is 8.89. The number of hydrogen-bond acceptors (Lipinski definition) is 4. The van der Waals surface area contributed by atoms with Crippen LogP contribution >= 0.6 is 22.7 Å². The van der Waals surface area contributed by atoms with Gasteiger partial charge in [0.05, 0.1) is 9.58 Å². The van der Waals surface area contributed by atoms with Crippen molar-refractivity contribution in [3.63, 3.8) is 0 Å². The highest BCUT2D eigenvalue weighted by molar-refractivity contribution is 7.21. The Labute approximate surface area is 206 Å². The molecule has 34 heavy (non-hydrogen) atoms. The van der Waals surface area contributed by atoms with Crippen molar-refractivity contribution in [2.75, 3.05) is 0 Å². The summed E-state index contributed by atoms with van der Waals surface area (Å²) in [6.07, 6.45) is 5.24. The molecule has 1 amide bonds. The summed E-state index contributed by atoms with van der Waals surface area (Å²) in [6.45, 7) is 4.16. The number of fused-ring (bicyclic) bond motifs is 1. The third-order valence-electron chi connectivity index (χ3n) is 6.59. The first-order valence-corrected chi connectivity index (χ1v) is 13.3. The summed E-state index contributed by atoms with van der Waals surface area (Å²) in [5, 5.41) is 3.21. The van der Waals surface area contributed by atoms with Gasteiger partial charge in [-0.2, -0.15) is 0 Å². The molecule has 0 spiro atoms. The number of aryl methyl sites for hydroxylation is 2. The van der Waals surface area contributed by atoms with Crippen LogP contribution in [-0.4, -0.2) is 21.8 Å². The van der Waals surface area contributed by atoms with Gasteiger partial charge in [-0.15, -0.1) is 22.7 Å². The Morgan fingerprint density at radius 1 is 1.09 bits per heavy atom. The molecule has 2 aromatic carbocycles. The zero-order chi connectivity index (χ0) is 23.8. The molecule has 1 aliphatic carbocycles. The Bertz CT molecular complexity index is 1350. The SMILES string of the molecule is Cc1csc(-c2cccc(CN(C(=O)c3sc4c(F)ccc(F)c4c3C)C3CCCCC3)c2)n1. The molecule has 5 rings (SSSR count). The second kappa shape index (κ2) is 9.55. The van der Waals surface area contributed by atoms with Crippen molar-refractivity contribution in [3.8, 4) is 10.6 Å². The number of amides is 1. The van der Waals surface area contributed by atoms with Crippen LogP contribution < -0.4 is 0 Å². The monoisotopic (exact) mass is 496 g/mol. The summed E-state index contributed by atoms with van der Waals surface area (Å²) >= 11 is 2.67. The Hall–Kier alpha value is -2.64. The zero-order valence-electron chi connectivity index (χ0n) is 19.2. The topological polar surface area (TPSA) is 33.2 Å². The standard InChI is InChI=1S/C27H26F2N2OS2/c1-16-15-33-26(30-16)19-8-6-7-18(13-19)14-31(20-9-4-3-5-10-20)27(32)24-17(2)23-21(28)11-12-22(29)25(23)34-24/h6-8,11-13,15,20H,3-5,9-10,14H2,1-2H3. The highest BCUT2D eigenvalue weighted by atomic mass is 32.1. The number of benzene rings is 2. The molecule has 1 aliphatic rings. The van der Waals surface area contributed by atoms with Crippen molar-refractivity contribution >= 4 is 38.7 Å². The van der Waals surface area contributed by atoms with Crippen LogP contribution in [0.3, 0.4) is 0 Å². The quantitative estimate of drug-likeness (QED) is 0.281. The molecular formula is C27H26F2N2OS2. The number of rotatable bonds is 5. The lowest BCUT2D eigenvalue weighted by molar-refractivity contribution is 0.0619. The van der Waals surface area contributed by atoms with Gasteiger partial charge in [-0.25, -0.2) is 13.8 Å². The lowest BCUT2D eigenvalue weighted by Gasteiger charge is -2.34. The van der Waals surface area contributed by atoms with E-state index in [0.717, 1.165) is 71.0 Å². The minimum absolute atomic E-state index is 0.117. The highest BCUT2D eigenvalue weighted by Gasteiger charge is 2.30. The Morgan fingerprint density at radius 2 is 1.85 bits per heavy atom. The maximum absolute atomic E-state index is 14.5. The van der Waals surface area contributed by atoms with E-state index in [1.54, 1.807) is 18.3 Å². The molecule has 0 bridgehead atoms. The van der Waals surface area contributed by atoms with Gasteiger partial charge in [0.1, 0.15) is 16.6 Å². The van der Waals surface area contributed by atoms with E-state index in [-0.39, 0.29) is 22.0 Å². The van der Waals surface area contributed by atoms with Crippen molar-refractivity contribution in [1.82, 2.24) is 9.88 Å². The van der Waals surface area contributed by atoms with Crippen LogP contribution in [0.25, 0.3) is 20.7 Å². The molecule has 176 valence electrons. The van der Waals surface area contributed by atoms with Crippen LogP contribution in [-0.2, 0) is 6.54 Å². The fourth-order valence-electron chi connectivity index (χ4n) is 4.85. The first-order valence-electron chi connectivity index (χ1n) is 11.6. The van der Waals surface area contributed by atoms with E-state index < -0.39 is 11.6 Å². The fraction of sp³-hybridized carbons (Fsp3) is 0.333. The first kappa shape index (κ1) is 23.1. The molecule has 0 saturated heterocycles. The third kappa shape index (κ3) is 4.39. The van der Waals surface area contributed by atoms with Crippen LogP contribution in [0.2, 0.25) is 0 Å². The van der Waals surface area contributed by atoms with Gasteiger partial charge in [0.2, 0.25) is 0 Å². The molecule has 0 radical (unpaired) electrons. The molecule has 3 nitrogen and oxygen atoms in total.